The summed E-state index contributed by atoms with van der Waals surface area (Å²) in [5.41, 5.74) is 0.716. The minimum atomic E-state index is -0.818. The smallest absolute Gasteiger partial charge is 0.314 e. The predicted molar refractivity (Wildman–Crippen MR) is 111 cm³/mol. The van der Waals surface area contributed by atoms with E-state index in [4.69, 9.17) is 14.3 Å². The molecule has 2 saturated heterocycles. The molecule has 0 aliphatic carbocycles. The van der Waals surface area contributed by atoms with Gasteiger partial charge in [0.2, 0.25) is 5.91 Å². The van der Waals surface area contributed by atoms with Crippen LogP contribution < -0.4 is 0 Å². The van der Waals surface area contributed by atoms with Gasteiger partial charge >= 0.3 is 5.97 Å². The first-order valence-corrected chi connectivity index (χ1v) is 11.0. The van der Waals surface area contributed by atoms with E-state index in [0.29, 0.717) is 45.6 Å². The molecule has 3 aliphatic rings. The number of oxime groups is 1. The van der Waals surface area contributed by atoms with Gasteiger partial charge in [0.25, 0.3) is 0 Å². The maximum absolute atomic E-state index is 13.2. The summed E-state index contributed by atoms with van der Waals surface area (Å²) >= 11 is 0. The molecule has 3 atom stereocenters. The molecule has 0 saturated carbocycles. The van der Waals surface area contributed by atoms with Crippen molar-refractivity contribution >= 4 is 17.6 Å². The summed E-state index contributed by atoms with van der Waals surface area (Å²) in [5.74, 6) is -0.662. The SMILES string of the molecule is CCOC(=O)[C@]1(C[C@H]2CC(c3ccc(F)cc3)=NO2)CCCN(C(=O)[C@@H]2CCOC2)C1. The highest BCUT2D eigenvalue weighted by molar-refractivity contribution is 6.01. The molecule has 1 amide bonds. The number of benzene rings is 1. The summed E-state index contributed by atoms with van der Waals surface area (Å²) in [6.45, 7) is 4.09. The second-order valence-corrected chi connectivity index (χ2v) is 8.61. The Labute approximate surface area is 181 Å². The Morgan fingerprint density at radius 3 is 2.84 bits per heavy atom. The Morgan fingerprint density at radius 2 is 2.13 bits per heavy atom. The van der Waals surface area contributed by atoms with Crippen molar-refractivity contribution < 1.29 is 28.3 Å². The van der Waals surface area contributed by atoms with Crippen molar-refractivity contribution in [1.29, 1.82) is 0 Å². The lowest BCUT2D eigenvalue weighted by Gasteiger charge is -2.42. The molecule has 0 radical (unpaired) electrons. The van der Waals surface area contributed by atoms with Crippen LogP contribution >= 0.6 is 0 Å². The summed E-state index contributed by atoms with van der Waals surface area (Å²) < 4.78 is 24.0. The fourth-order valence-corrected chi connectivity index (χ4v) is 4.79. The molecule has 1 aromatic carbocycles. The zero-order valence-electron chi connectivity index (χ0n) is 17.8. The minimum Gasteiger partial charge on any atom is -0.466 e. The molecule has 0 aromatic heterocycles. The van der Waals surface area contributed by atoms with E-state index in [0.717, 1.165) is 24.1 Å². The average Bonchev–Trinajstić information content (AvgIpc) is 3.47. The van der Waals surface area contributed by atoms with Gasteiger partial charge in [-0.25, -0.2) is 4.39 Å². The van der Waals surface area contributed by atoms with E-state index in [9.17, 15) is 14.0 Å². The maximum atomic E-state index is 13.2. The minimum absolute atomic E-state index is 0.0569. The lowest BCUT2D eigenvalue weighted by molar-refractivity contribution is -0.164. The summed E-state index contributed by atoms with van der Waals surface area (Å²) in [6, 6.07) is 6.13. The van der Waals surface area contributed by atoms with Crippen molar-refractivity contribution in [2.75, 3.05) is 32.9 Å². The standard InChI is InChI=1S/C23H29FN2O5/c1-2-30-22(28)23(9-3-10-26(15-23)21(27)17-8-11-29-14-17)13-19-12-20(25-31-19)16-4-6-18(24)7-5-16/h4-7,17,19H,2-3,8-15H2,1H3/t17-,19-,23+/m1/s1. The molecular formula is C23H29FN2O5. The van der Waals surface area contributed by atoms with Crippen LogP contribution in [0.1, 0.15) is 44.6 Å². The molecule has 7 nitrogen and oxygen atoms in total. The summed E-state index contributed by atoms with van der Waals surface area (Å²) in [5, 5.41) is 4.18. The maximum Gasteiger partial charge on any atom is 0.314 e. The number of carbonyl (C=O) groups excluding carboxylic acids is 2. The number of amides is 1. The van der Waals surface area contributed by atoms with Gasteiger partial charge in [0.1, 0.15) is 11.9 Å². The first-order chi connectivity index (χ1) is 15.0. The van der Waals surface area contributed by atoms with Gasteiger partial charge in [-0.3, -0.25) is 9.59 Å². The average molecular weight is 432 g/mol. The molecule has 0 bridgehead atoms. The van der Waals surface area contributed by atoms with Crippen LogP contribution in [0, 0.1) is 17.2 Å². The highest BCUT2D eigenvalue weighted by Crippen LogP contribution is 2.39. The molecule has 1 aromatic rings. The molecule has 0 spiro atoms. The van der Waals surface area contributed by atoms with Gasteiger partial charge in [0.05, 0.1) is 30.3 Å². The molecule has 3 aliphatic heterocycles. The van der Waals surface area contributed by atoms with Crippen LogP contribution in [-0.2, 0) is 23.9 Å². The van der Waals surface area contributed by atoms with Gasteiger partial charge in [-0.15, -0.1) is 0 Å². The second-order valence-electron chi connectivity index (χ2n) is 8.61. The van der Waals surface area contributed by atoms with Crippen LogP contribution in [0.3, 0.4) is 0 Å². The lowest BCUT2D eigenvalue weighted by Crippen LogP contribution is -2.53. The topological polar surface area (TPSA) is 77.4 Å². The third-order valence-corrected chi connectivity index (χ3v) is 6.40. The third-order valence-electron chi connectivity index (χ3n) is 6.40. The first kappa shape index (κ1) is 21.7. The summed E-state index contributed by atoms with van der Waals surface area (Å²) in [6.07, 6.45) is 2.75. The molecular weight excluding hydrogens is 403 g/mol. The van der Waals surface area contributed by atoms with Crippen LogP contribution in [0.25, 0.3) is 0 Å². The van der Waals surface area contributed by atoms with Crippen molar-refractivity contribution in [3.05, 3.63) is 35.6 Å². The van der Waals surface area contributed by atoms with E-state index in [1.165, 1.54) is 12.1 Å². The molecule has 31 heavy (non-hydrogen) atoms. The van der Waals surface area contributed by atoms with Gasteiger partial charge in [0.15, 0.2) is 0 Å². The molecule has 0 N–H and O–H groups in total. The van der Waals surface area contributed by atoms with Crippen LogP contribution in [0.15, 0.2) is 29.4 Å². The van der Waals surface area contributed by atoms with E-state index in [1.54, 1.807) is 24.0 Å². The van der Waals surface area contributed by atoms with Gasteiger partial charge < -0.3 is 19.2 Å². The van der Waals surface area contributed by atoms with Crippen molar-refractivity contribution in [3.63, 3.8) is 0 Å². The Hall–Kier alpha value is -2.48. The van der Waals surface area contributed by atoms with Gasteiger partial charge in [-0.05, 0) is 43.9 Å². The van der Waals surface area contributed by atoms with Gasteiger partial charge in [-0.2, -0.15) is 0 Å². The highest BCUT2D eigenvalue weighted by atomic mass is 19.1. The molecule has 2 fully saturated rings. The Morgan fingerprint density at radius 1 is 1.32 bits per heavy atom. The zero-order chi connectivity index (χ0) is 21.8. The van der Waals surface area contributed by atoms with Crippen LogP contribution in [0.4, 0.5) is 4.39 Å². The highest BCUT2D eigenvalue weighted by Gasteiger charge is 2.48. The lowest BCUT2D eigenvalue weighted by atomic mass is 9.74. The number of hydrogen-bond donors (Lipinski definition) is 0. The number of rotatable bonds is 6. The van der Waals surface area contributed by atoms with Crippen LogP contribution in [-0.4, -0.2) is 61.5 Å². The van der Waals surface area contributed by atoms with E-state index in [1.807, 2.05) is 0 Å². The largest absolute Gasteiger partial charge is 0.466 e. The molecule has 4 rings (SSSR count). The first-order valence-electron chi connectivity index (χ1n) is 11.0. The number of likely N-dealkylation sites (tertiary alicyclic amines) is 1. The fraction of sp³-hybridized carbons (Fsp3) is 0.609. The van der Waals surface area contributed by atoms with E-state index in [-0.39, 0.29) is 36.3 Å². The monoisotopic (exact) mass is 432 g/mol. The number of carbonyl (C=O) groups is 2. The normalized spacial score (nSPS) is 28.2. The van der Waals surface area contributed by atoms with Gasteiger partial charge in [0, 0.05) is 32.5 Å². The predicted octanol–water partition coefficient (Wildman–Crippen LogP) is 2.92. The van der Waals surface area contributed by atoms with Crippen molar-refractivity contribution in [2.45, 2.75) is 45.1 Å². The van der Waals surface area contributed by atoms with Crippen LogP contribution in [0.5, 0.6) is 0 Å². The summed E-state index contributed by atoms with van der Waals surface area (Å²) in [7, 11) is 0. The van der Waals surface area contributed by atoms with Crippen molar-refractivity contribution in [2.24, 2.45) is 16.5 Å². The molecule has 8 heteroatoms. The molecule has 0 unspecified atom stereocenters. The Bertz CT molecular complexity index is 837. The quantitative estimate of drug-likeness (QED) is 0.646. The Balaban J connectivity index is 1.47. The van der Waals surface area contributed by atoms with E-state index >= 15 is 0 Å². The summed E-state index contributed by atoms with van der Waals surface area (Å²) in [4.78, 5) is 33.5. The van der Waals surface area contributed by atoms with E-state index < -0.39 is 5.41 Å². The number of esters is 1. The number of halogens is 1. The van der Waals surface area contributed by atoms with E-state index in [2.05, 4.69) is 5.16 Å². The Kier molecular flexibility index (Phi) is 6.55. The van der Waals surface area contributed by atoms with Crippen LogP contribution in [0.2, 0.25) is 0 Å². The molecule has 3 heterocycles. The zero-order valence-corrected chi connectivity index (χ0v) is 17.8. The van der Waals surface area contributed by atoms with Crippen molar-refractivity contribution in [3.8, 4) is 0 Å². The molecule has 168 valence electrons. The second kappa shape index (κ2) is 9.34. The number of piperidine rings is 1. The third kappa shape index (κ3) is 4.74. The number of ether oxygens (including phenoxy) is 2. The van der Waals surface area contributed by atoms with Gasteiger partial charge in [-0.1, -0.05) is 17.3 Å². The van der Waals surface area contributed by atoms with Crippen molar-refractivity contribution in [1.82, 2.24) is 4.90 Å². The number of nitrogens with zero attached hydrogens (tertiary/aromatic N) is 2. The fourth-order valence-electron chi connectivity index (χ4n) is 4.79. The number of hydrogen-bond acceptors (Lipinski definition) is 6.